The molecule has 0 spiro atoms. The number of aryl methyl sites for hydroxylation is 2. The zero-order valence-electron chi connectivity index (χ0n) is 13.1. The van der Waals surface area contributed by atoms with Crippen LogP contribution in [0.25, 0.3) is 11.2 Å². The van der Waals surface area contributed by atoms with Gasteiger partial charge in [0, 0.05) is 5.69 Å². The Kier molecular flexibility index (Phi) is 4.29. The fraction of sp³-hybridized carbons (Fsp3) is 0.250. The lowest BCUT2D eigenvalue weighted by Gasteiger charge is -2.15. The summed E-state index contributed by atoms with van der Waals surface area (Å²) in [7, 11) is 0. The molecule has 2 heterocycles. The Morgan fingerprint density at radius 2 is 1.96 bits per heavy atom. The Hall–Kier alpha value is -2.41. The molecule has 118 valence electrons. The molecule has 1 amide bonds. The van der Waals surface area contributed by atoms with E-state index in [9.17, 15) is 4.79 Å². The molecule has 0 aliphatic carbocycles. The number of nitrogens with one attached hydrogen (secondary N) is 2. The van der Waals surface area contributed by atoms with Crippen LogP contribution in [0, 0.1) is 13.8 Å². The Morgan fingerprint density at radius 1 is 1.22 bits per heavy atom. The summed E-state index contributed by atoms with van der Waals surface area (Å²) >= 11 is 1.38. The van der Waals surface area contributed by atoms with Crippen LogP contribution in [-0.2, 0) is 4.79 Å². The van der Waals surface area contributed by atoms with Gasteiger partial charge in [-0.2, -0.15) is 0 Å². The standard InChI is InChI=1S/C16H17N5OS/c1-9-5-4-6-10(2)12(9)21-15(22)11(3)23-16-13-14(18-7-17-13)19-8-20-16/h4-8,11H,1-3H3,(H,21,22)(H,17,18,19,20)/t11-/m1/s1. The predicted octanol–water partition coefficient (Wildman–Crippen LogP) is 3.09. The van der Waals surface area contributed by atoms with Gasteiger partial charge >= 0.3 is 0 Å². The maximum atomic E-state index is 12.5. The highest BCUT2D eigenvalue weighted by Gasteiger charge is 2.19. The van der Waals surface area contributed by atoms with Gasteiger partial charge in [0.05, 0.1) is 11.6 Å². The fourth-order valence-electron chi connectivity index (χ4n) is 2.29. The van der Waals surface area contributed by atoms with Crippen LogP contribution in [0.15, 0.2) is 35.9 Å². The van der Waals surface area contributed by atoms with Crippen molar-refractivity contribution in [3.8, 4) is 0 Å². The van der Waals surface area contributed by atoms with E-state index < -0.39 is 0 Å². The zero-order valence-corrected chi connectivity index (χ0v) is 13.9. The number of carbonyl (C=O) groups is 1. The normalized spacial score (nSPS) is 12.3. The van der Waals surface area contributed by atoms with Gasteiger partial charge in [0.2, 0.25) is 5.91 Å². The molecule has 0 fully saturated rings. The van der Waals surface area contributed by atoms with E-state index >= 15 is 0 Å². The molecule has 1 atom stereocenters. The van der Waals surface area contributed by atoms with Crippen molar-refractivity contribution in [3.63, 3.8) is 0 Å². The van der Waals surface area contributed by atoms with Gasteiger partial charge < -0.3 is 10.3 Å². The summed E-state index contributed by atoms with van der Waals surface area (Å²) in [6.07, 6.45) is 3.03. The number of benzene rings is 1. The van der Waals surface area contributed by atoms with Crippen molar-refractivity contribution in [2.24, 2.45) is 0 Å². The Morgan fingerprint density at radius 3 is 2.70 bits per heavy atom. The number of aromatic amines is 1. The number of nitrogens with zero attached hydrogens (tertiary/aromatic N) is 3. The monoisotopic (exact) mass is 327 g/mol. The molecule has 0 unspecified atom stereocenters. The summed E-state index contributed by atoms with van der Waals surface area (Å²) in [5, 5.41) is 3.43. The van der Waals surface area contributed by atoms with E-state index in [2.05, 4.69) is 25.3 Å². The van der Waals surface area contributed by atoms with Gasteiger partial charge in [-0.1, -0.05) is 30.0 Å². The van der Waals surface area contributed by atoms with Crippen molar-refractivity contribution < 1.29 is 4.79 Å². The van der Waals surface area contributed by atoms with E-state index in [1.807, 2.05) is 39.0 Å². The first-order valence-corrected chi connectivity index (χ1v) is 8.12. The van der Waals surface area contributed by atoms with Gasteiger partial charge in [-0.25, -0.2) is 15.0 Å². The van der Waals surface area contributed by atoms with Crippen LogP contribution < -0.4 is 5.32 Å². The van der Waals surface area contributed by atoms with E-state index in [1.165, 1.54) is 18.1 Å². The highest BCUT2D eigenvalue weighted by atomic mass is 32.2. The average Bonchev–Trinajstić information content (AvgIpc) is 3.00. The van der Waals surface area contributed by atoms with E-state index in [0.717, 1.165) is 27.4 Å². The fourth-order valence-corrected chi connectivity index (χ4v) is 3.17. The second kappa shape index (κ2) is 6.37. The number of hydrogen-bond acceptors (Lipinski definition) is 5. The number of amides is 1. The minimum absolute atomic E-state index is 0.0568. The number of imidazole rings is 1. The lowest BCUT2D eigenvalue weighted by Crippen LogP contribution is -2.23. The second-order valence-electron chi connectivity index (χ2n) is 5.30. The van der Waals surface area contributed by atoms with E-state index in [-0.39, 0.29) is 11.2 Å². The molecular formula is C16H17N5OS. The maximum Gasteiger partial charge on any atom is 0.237 e. The Bertz CT molecular complexity index is 840. The molecule has 3 rings (SSSR count). The third-order valence-corrected chi connectivity index (χ3v) is 4.68. The number of para-hydroxylation sites is 1. The lowest BCUT2D eigenvalue weighted by atomic mass is 10.1. The summed E-state index contributed by atoms with van der Waals surface area (Å²) in [5.41, 5.74) is 4.33. The molecule has 0 saturated carbocycles. The minimum Gasteiger partial charge on any atom is -0.341 e. The van der Waals surface area contributed by atoms with Crippen LogP contribution >= 0.6 is 11.8 Å². The summed E-state index contributed by atoms with van der Waals surface area (Å²) < 4.78 is 0. The number of H-pyrrole nitrogens is 1. The molecule has 0 aliphatic rings. The molecule has 1 aromatic carbocycles. The molecule has 0 radical (unpaired) electrons. The van der Waals surface area contributed by atoms with Gasteiger partial charge in [0.25, 0.3) is 0 Å². The average molecular weight is 327 g/mol. The highest BCUT2D eigenvalue weighted by Crippen LogP contribution is 2.27. The van der Waals surface area contributed by atoms with Crippen LogP contribution in [-0.4, -0.2) is 31.1 Å². The summed E-state index contributed by atoms with van der Waals surface area (Å²) in [6, 6.07) is 5.95. The van der Waals surface area contributed by atoms with Crippen molar-refractivity contribution in [3.05, 3.63) is 42.0 Å². The summed E-state index contributed by atoms with van der Waals surface area (Å²) in [5.74, 6) is -0.0568. The van der Waals surface area contributed by atoms with Gasteiger partial charge in [0.1, 0.15) is 16.9 Å². The lowest BCUT2D eigenvalue weighted by molar-refractivity contribution is -0.115. The molecule has 0 aliphatic heterocycles. The smallest absolute Gasteiger partial charge is 0.237 e. The summed E-state index contributed by atoms with van der Waals surface area (Å²) in [4.78, 5) is 27.9. The molecular weight excluding hydrogens is 310 g/mol. The number of carbonyl (C=O) groups excluding carboxylic acids is 1. The van der Waals surface area contributed by atoms with Gasteiger partial charge in [-0.05, 0) is 31.9 Å². The van der Waals surface area contributed by atoms with Gasteiger partial charge in [-0.3, -0.25) is 4.79 Å². The van der Waals surface area contributed by atoms with Gasteiger partial charge in [0.15, 0.2) is 5.65 Å². The SMILES string of the molecule is Cc1cccc(C)c1NC(=O)[C@@H](C)Sc1ncnc2nc[nH]c12. The first kappa shape index (κ1) is 15.5. The first-order chi connectivity index (χ1) is 11.1. The predicted molar refractivity (Wildman–Crippen MR) is 91.5 cm³/mol. The molecule has 2 N–H and O–H groups in total. The topological polar surface area (TPSA) is 83.6 Å². The van der Waals surface area contributed by atoms with E-state index in [4.69, 9.17) is 0 Å². The van der Waals surface area contributed by atoms with Crippen LogP contribution in [0.4, 0.5) is 5.69 Å². The molecule has 7 heteroatoms. The molecule has 6 nitrogen and oxygen atoms in total. The first-order valence-electron chi connectivity index (χ1n) is 7.24. The zero-order chi connectivity index (χ0) is 16.4. The quantitative estimate of drug-likeness (QED) is 0.568. The van der Waals surface area contributed by atoms with Crippen LogP contribution in [0.3, 0.4) is 0 Å². The minimum atomic E-state index is -0.296. The highest BCUT2D eigenvalue weighted by molar-refractivity contribution is 8.00. The van der Waals surface area contributed by atoms with E-state index in [1.54, 1.807) is 6.33 Å². The van der Waals surface area contributed by atoms with Crippen molar-refractivity contribution in [1.82, 2.24) is 19.9 Å². The number of hydrogen-bond donors (Lipinski definition) is 2. The van der Waals surface area contributed by atoms with Crippen molar-refractivity contribution in [1.29, 1.82) is 0 Å². The third-order valence-electron chi connectivity index (χ3n) is 3.58. The number of fused-ring (bicyclic) bond motifs is 1. The molecule has 3 aromatic rings. The van der Waals surface area contributed by atoms with E-state index in [0.29, 0.717) is 5.65 Å². The number of anilines is 1. The molecule has 2 aromatic heterocycles. The van der Waals surface area contributed by atoms with Crippen molar-refractivity contribution in [2.75, 3.05) is 5.32 Å². The Labute approximate surface area is 138 Å². The summed E-state index contributed by atoms with van der Waals surface area (Å²) in [6.45, 7) is 5.83. The second-order valence-corrected chi connectivity index (χ2v) is 6.63. The largest absolute Gasteiger partial charge is 0.341 e. The van der Waals surface area contributed by atoms with Crippen molar-refractivity contribution in [2.45, 2.75) is 31.0 Å². The Balaban J connectivity index is 1.77. The maximum absolute atomic E-state index is 12.5. The molecule has 0 saturated heterocycles. The molecule has 0 bridgehead atoms. The van der Waals surface area contributed by atoms with Gasteiger partial charge in [-0.15, -0.1) is 0 Å². The van der Waals surface area contributed by atoms with Crippen molar-refractivity contribution >= 4 is 34.5 Å². The number of aromatic nitrogens is 4. The van der Waals surface area contributed by atoms with Crippen LogP contribution in [0.5, 0.6) is 0 Å². The molecule has 23 heavy (non-hydrogen) atoms. The van der Waals surface area contributed by atoms with Crippen LogP contribution in [0.2, 0.25) is 0 Å². The number of thioether (sulfide) groups is 1. The van der Waals surface area contributed by atoms with Crippen LogP contribution in [0.1, 0.15) is 18.1 Å². The number of rotatable bonds is 4. The third kappa shape index (κ3) is 3.19.